The molecule has 0 atom stereocenters. The molecule has 0 aliphatic carbocycles. The van der Waals surface area contributed by atoms with E-state index in [1.807, 2.05) is 0 Å². The van der Waals surface area contributed by atoms with Gasteiger partial charge in [0.25, 0.3) is 0 Å². The van der Waals surface area contributed by atoms with Crippen LogP contribution in [-0.2, 0) is 19.6 Å². The van der Waals surface area contributed by atoms with Gasteiger partial charge in [0, 0.05) is 15.1 Å². The Bertz CT molecular complexity index is 1300. The van der Waals surface area contributed by atoms with Gasteiger partial charge < -0.3 is 0 Å². The Morgan fingerprint density at radius 3 is 0.939 bits per heavy atom. The van der Waals surface area contributed by atoms with Crippen LogP contribution in [0.1, 0.15) is 16.7 Å². The minimum atomic E-state index is -0.750. The zero-order valence-corrected chi connectivity index (χ0v) is 19.5. The van der Waals surface area contributed by atoms with Gasteiger partial charge in [0.2, 0.25) is 0 Å². The Hall–Kier alpha value is -3.06. The van der Waals surface area contributed by atoms with Crippen LogP contribution in [0.4, 0.5) is 0 Å². The average Bonchev–Trinajstić information content (AvgIpc) is 2.80. The SMILES string of the molecule is O=c1n(Cc2ccccc2Cl)c(=O)n(Cc2ccccc2Cl)c(=O)n1Cc1ccccc1Cl. The molecule has 168 valence electrons. The largest absolute Gasteiger partial charge is 0.336 e. The minimum Gasteiger partial charge on any atom is -0.247 e. The van der Waals surface area contributed by atoms with Gasteiger partial charge in [-0.2, -0.15) is 0 Å². The molecule has 0 bridgehead atoms. The number of halogens is 3. The molecule has 0 radical (unpaired) electrons. The Labute approximate surface area is 203 Å². The van der Waals surface area contributed by atoms with E-state index in [1.165, 1.54) is 0 Å². The molecular formula is C24H18Cl3N3O3. The molecule has 33 heavy (non-hydrogen) atoms. The fraction of sp³-hybridized carbons (Fsp3) is 0.125. The molecule has 0 fully saturated rings. The van der Waals surface area contributed by atoms with Crippen molar-refractivity contribution in [2.75, 3.05) is 0 Å². The van der Waals surface area contributed by atoms with Gasteiger partial charge in [0.1, 0.15) is 0 Å². The van der Waals surface area contributed by atoms with Crippen LogP contribution in [0.25, 0.3) is 0 Å². The number of aromatic nitrogens is 3. The van der Waals surface area contributed by atoms with Crippen molar-refractivity contribution in [2.45, 2.75) is 19.6 Å². The van der Waals surface area contributed by atoms with Crippen molar-refractivity contribution in [3.05, 3.63) is 136 Å². The summed E-state index contributed by atoms with van der Waals surface area (Å²) in [6, 6.07) is 20.7. The Morgan fingerprint density at radius 1 is 0.455 bits per heavy atom. The number of hydrogen-bond acceptors (Lipinski definition) is 3. The van der Waals surface area contributed by atoms with E-state index in [0.717, 1.165) is 13.7 Å². The molecule has 0 aliphatic heterocycles. The number of benzene rings is 3. The molecule has 4 aromatic rings. The average molecular weight is 503 g/mol. The monoisotopic (exact) mass is 501 g/mol. The summed E-state index contributed by atoms with van der Waals surface area (Å²) in [6.07, 6.45) is 0. The fourth-order valence-corrected chi connectivity index (χ4v) is 4.07. The van der Waals surface area contributed by atoms with Crippen LogP contribution < -0.4 is 17.1 Å². The Balaban J connectivity index is 1.92. The second kappa shape index (κ2) is 9.83. The van der Waals surface area contributed by atoms with Gasteiger partial charge in [-0.05, 0) is 34.9 Å². The second-order valence-electron chi connectivity index (χ2n) is 7.38. The van der Waals surface area contributed by atoms with Crippen molar-refractivity contribution >= 4 is 34.8 Å². The summed E-state index contributed by atoms with van der Waals surface area (Å²) in [5.74, 6) is 0. The van der Waals surface area contributed by atoms with Crippen molar-refractivity contribution in [1.29, 1.82) is 0 Å². The summed E-state index contributed by atoms with van der Waals surface area (Å²) in [5, 5.41) is 1.22. The summed E-state index contributed by atoms with van der Waals surface area (Å²) in [6.45, 7) is -0.284. The van der Waals surface area contributed by atoms with E-state index in [-0.39, 0.29) is 19.6 Å². The van der Waals surface area contributed by atoms with Crippen LogP contribution in [0.3, 0.4) is 0 Å². The lowest BCUT2D eigenvalue weighted by Gasteiger charge is -2.15. The highest BCUT2D eigenvalue weighted by Gasteiger charge is 2.18. The summed E-state index contributed by atoms with van der Waals surface area (Å²) in [4.78, 5) is 39.9. The third-order valence-electron chi connectivity index (χ3n) is 5.24. The first-order valence-electron chi connectivity index (χ1n) is 10.0. The lowest BCUT2D eigenvalue weighted by atomic mass is 10.2. The second-order valence-corrected chi connectivity index (χ2v) is 8.60. The topological polar surface area (TPSA) is 66.0 Å². The van der Waals surface area contributed by atoms with E-state index in [0.29, 0.717) is 31.8 Å². The third kappa shape index (κ3) is 4.83. The highest BCUT2D eigenvalue weighted by Crippen LogP contribution is 2.17. The molecule has 0 unspecified atom stereocenters. The molecule has 0 N–H and O–H groups in total. The zero-order valence-electron chi connectivity index (χ0n) is 17.2. The van der Waals surface area contributed by atoms with Crippen LogP contribution in [0.2, 0.25) is 15.1 Å². The highest BCUT2D eigenvalue weighted by atomic mass is 35.5. The van der Waals surface area contributed by atoms with E-state index in [2.05, 4.69) is 0 Å². The maximum absolute atomic E-state index is 13.3. The number of nitrogens with zero attached hydrogens (tertiary/aromatic N) is 3. The first-order chi connectivity index (χ1) is 15.9. The summed E-state index contributed by atoms with van der Waals surface area (Å²) < 4.78 is 2.99. The van der Waals surface area contributed by atoms with Crippen LogP contribution >= 0.6 is 34.8 Å². The molecule has 1 heterocycles. The predicted molar refractivity (Wildman–Crippen MR) is 131 cm³/mol. The summed E-state index contributed by atoms with van der Waals surface area (Å²) >= 11 is 18.8. The molecule has 0 saturated heterocycles. The van der Waals surface area contributed by atoms with E-state index in [9.17, 15) is 14.4 Å². The van der Waals surface area contributed by atoms with Gasteiger partial charge in [-0.15, -0.1) is 0 Å². The van der Waals surface area contributed by atoms with Crippen LogP contribution in [0.15, 0.2) is 87.2 Å². The molecule has 1 aromatic heterocycles. The minimum absolute atomic E-state index is 0.0946. The molecular weight excluding hydrogens is 485 g/mol. The van der Waals surface area contributed by atoms with Gasteiger partial charge >= 0.3 is 17.1 Å². The Morgan fingerprint density at radius 2 is 0.697 bits per heavy atom. The quantitative estimate of drug-likeness (QED) is 0.395. The lowest BCUT2D eigenvalue weighted by molar-refractivity contribution is 0.492. The van der Waals surface area contributed by atoms with E-state index < -0.39 is 17.1 Å². The molecule has 9 heteroatoms. The summed E-state index contributed by atoms with van der Waals surface area (Å²) in [7, 11) is 0. The van der Waals surface area contributed by atoms with E-state index in [1.54, 1.807) is 72.8 Å². The molecule has 0 spiro atoms. The first kappa shape index (κ1) is 23.1. The van der Waals surface area contributed by atoms with Crippen LogP contribution in [-0.4, -0.2) is 13.7 Å². The van der Waals surface area contributed by atoms with Gasteiger partial charge in [-0.3, -0.25) is 0 Å². The van der Waals surface area contributed by atoms with Gasteiger partial charge in [0.15, 0.2) is 0 Å². The maximum Gasteiger partial charge on any atom is 0.336 e. The van der Waals surface area contributed by atoms with Crippen molar-refractivity contribution in [3.63, 3.8) is 0 Å². The third-order valence-corrected chi connectivity index (χ3v) is 6.35. The first-order valence-corrected chi connectivity index (χ1v) is 11.1. The van der Waals surface area contributed by atoms with Crippen LogP contribution in [0.5, 0.6) is 0 Å². The number of rotatable bonds is 6. The standard InChI is InChI=1S/C24H18Cl3N3O3/c25-19-10-4-1-7-16(19)13-28-22(31)29(14-17-8-2-5-11-20(17)26)24(33)30(23(28)32)15-18-9-3-6-12-21(18)27/h1-12H,13-15H2. The zero-order chi connectivity index (χ0) is 23.5. The van der Waals surface area contributed by atoms with Crippen LogP contribution in [0, 0.1) is 0 Å². The Kier molecular flexibility index (Phi) is 6.88. The summed E-state index contributed by atoms with van der Waals surface area (Å²) in [5.41, 5.74) is -0.525. The van der Waals surface area contributed by atoms with Crippen molar-refractivity contribution < 1.29 is 0 Å². The van der Waals surface area contributed by atoms with Gasteiger partial charge in [-0.1, -0.05) is 89.4 Å². The predicted octanol–water partition coefficient (Wildman–Crippen LogP) is 4.28. The normalized spacial score (nSPS) is 11.0. The maximum atomic E-state index is 13.3. The van der Waals surface area contributed by atoms with E-state index in [4.69, 9.17) is 34.8 Å². The molecule has 0 aliphatic rings. The van der Waals surface area contributed by atoms with E-state index >= 15 is 0 Å². The smallest absolute Gasteiger partial charge is 0.247 e. The van der Waals surface area contributed by atoms with Gasteiger partial charge in [-0.25, -0.2) is 28.1 Å². The number of hydrogen-bond donors (Lipinski definition) is 0. The lowest BCUT2D eigenvalue weighted by Crippen LogP contribution is -2.54. The molecule has 6 nitrogen and oxygen atoms in total. The van der Waals surface area contributed by atoms with Crippen molar-refractivity contribution in [3.8, 4) is 0 Å². The molecule has 0 amide bonds. The highest BCUT2D eigenvalue weighted by molar-refractivity contribution is 6.31. The van der Waals surface area contributed by atoms with Crippen molar-refractivity contribution in [1.82, 2.24) is 13.7 Å². The molecule has 0 saturated carbocycles. The molecule has 4 rings (SSSR count). The fourth-order valence-electron chi connectivity index (χ4n) is 3.48. The van der Waals surface area contributed by atoms with Gasteiger partial charge in [0.05, 0.1) is 19.6 Å². The van der Waals surface area contributed by atoms with Crippen molar-refractivity contribution in [2.24, 2.45) is 0 Å². The molecule has 3 aromatic carbocycles.